The van der Waals surface area contributed by atoms with E-state index in [1.54, 1.807) is 61.5 Å². The molecule has 208 valence electrons. The normalized spacial score (nSPS) is 15.9. The number of nitrogens with zero attached hydrogens (tertiary/aromatic N) is 3. The summed E-state index contributed by atoms with van der Waals surface area (Å²) >= 11 is 0. The van der Waals surface area contributed by atoms with Gasteiger partial charge in [0.05, 0.1) is 11.4 Å². The number of nitrogens with two attached hydrogens (primary N) is 2. The molecule has 1 unspecified atom stereocenters. The van der Waals surface area contributed by atoms with Crippen molar-refractivity contribution in [2.75, 3.05) is 24.3 Å². The number of nitrogen functional groups attached to an aromatic ring is 1. The fraction of sp³-hybridized carbons (Fsp3) is 0.200. The number of hydrogen-bond donors (Lipinski definition) is 8. The standard InChI is InChI=1S/C25H28N10O5/c1-35(2)16-11-12(7-8-13(16)20(26)27)39-23-19-21(30-15(22(38)32-19)9-10-18(36)37)33-25(34-23)40-17-6-4-3-5-14(17)31-24(28)29/h3-8,11,15H,9-10H2,1-2H3,(H3,26,27)(H,32,38)(H,36,37)(H4,28,29,31)(H,30,33,34). The highest BCUT2D eigenvalue weighted by Crippen LogP contribution is 2.29. The van der Waals surface area contributed by atoms with E-state index in [0.29, 0.717) is 22.7 Å². The number of rotatable bonds is 9. The Bertz CT molecular complexity index is 1480. The summed E-state index contributed by atoms with van der Waals surface area (Å²) in [7, 11) is 3.58. The number of amidine groups is 3. The van der Waals surface area contributed by atoms with Crippen molar-refractivity contribution in [1.29, 1.82) is 10.8 Å². The summed E-state index contributed by atoms with van der Waals surface area (Å²) in [5, 5.41) is 32.7. The smallest absolute Gasteiger partial charge is 0.304 e. The second-order valence-corrected chi connectivity index (χ2v) is 8.86. The van der Waals surface area contributed by atoms with Crippen LogP contribution < -0.4 is 41.8 Å². The maximum atomic E-state index is 12.7. The van der Waals surface area contributed by atoms with Gasteiger partial charge in [0.15, 0.2) is 17.5 Å². The lowest BCUT2D eigenvalue weighted by Gasteiger charge is -2.28. The summed E-state index contributed by atoms with van der Waals surface area (Å²) in [5.41, 5.74) is 12.8. The molecule has 40 heavy (non-hydrogen) atoms. The maximum Gasteiger partial charge on any atom is 0.304 e. The number of aliphatic imine (C=N–C) groups is 2. The van der Waals surface area contributed by atoms with Gasteiger partial charge in [-0.1, -0.05) is 12.1 Å². The quantitative estimate of drug-likeness (QED) is 0.161. The second-order valence-electron chi connectivity index (χ2n) is 8.86. The van der Waals surface area contributed by atoms with Gasteiger partial charge in [-0.25, -0.2) is 0 Å². The summed E-state index contributed by atoms with van der Waals surface area (Å²) in [6.07, 6.45) is -0.276. The number of ether oxygens (including phenoxy) is 2. The molecule has 15 nitrogen and oxygen atoms in total. The van der Waals surface area contributed by atoms with Crippen LogP contribution in [0.5, 0.6) is 11.5 Å². The highest BCUT2D eigenvalue weighted by atomic mass is 16.5. The molecule has 2 aliphatic heterocycles. The molecule has 0 bridgehead atoms. The number of guanidine groups is 1. The van der Waals surface area contributed by atoms with Crippen LogP contribution in [-0.4, -0.2) is 60.8 Å². The number of carbonyl (C=O) groups is 2. The van der Waals surface area contributed by atoms with E-state index in [4.69, 9.17) is 36.9 Å². The summed E-state index contributed by atoms with van der Waals surface area (Å²) in [5.74, 6) is -1.30. The molecule has 0 saturated heterocycles. The number of para-hydroxylation sites is 2. The van der Waals surface area contributed by atoms with Crippen LogP contribution in [0.2, 0.25) is 0 Å². The third-order valence-corrected chi connectivity index (χ3v) is 5.67. The molecule has 2 aromatic carbocycles. The van der Waals surface area contributed by atoms with Crippen molar-refractivity contribution in [2.24, 2.45) is 21.5 Å². The van der Waals surface area contributed by atoms with Crippen molar-refractivity contribution in [1.82, 2.24) is 10.6 Å². The summed E-state index contributed by atoms with van der Waals surface area (Å²) < 4.78 is 12.0. The first kappa shape index (κ1) is 27.4. The average molecular weight is 549 g/mol. The number of amides is 1. The minimum absolute atomic E-state index is 0.0206. The average Bonchev–Trinajstić information content (AvgIpc) is 2.88. The first-order chi connectivity index (χ1) is 19.0. The molecule has 0 fully saturated rings. The minimum Gasteiger partial charge on any atom is -0.481 e. The third kappa shape index (κ3) is 6.27. The number of aliphatic carboxylic acids is 1. The van der Waals surface area contributed by atoms with Crippen molar-refractivity contribution in [3.63, 3.8) is 0 Å². The van der Waals surface area contributed by atoms with Gasteiger partial charge >= 0.3 is 12.0 Å². The predicted octanol–water partition coefficient (Wildman–Crippen LogP) is 0.690. The first-order valence-corrected chi connectivity index (χ1v) is 11.9. The number of carboxylic acids is 1. The van der Waals surface area contributed by atoms with E-state index in [1.807, 2.05) is 0 Å². The number of fused-ring (bicyclic) bond motifs is 1. The molecular formula is C25H28N10O5. The Morgan fingerprint density at radius 2 is 1.90 bits per heavy atom. The number of nitrogens with one attached hydrogen (secondary N) is 5. The largest absolute Gasteiger partial charge is 0.481 e. The second kappa shape index (κ2) is 11.4. The van der Waals surface area contributed by atoms with Crippen LogP contribution in [0.25, 0.3) is 0 Å². The third-order valence-electron chi connectivity index (χ3n) is 5.67. The molecule has 15 heteroatoms. The molecule has 0 aliphatic carbocycles. The van der Waals surface area contributed by atoms with Crippen LogP contribution in [0.4, 0.5) is 11.4 Å². The minimum atomic E-state index is -1.05. The molecular weight excluding hydrogens is 520 g/mol. The fourth-order valence-corrected chi connectivity index (χ4v) is 3.84. The van der Waals surface area contributed by atoms with Crippen LogP contribution in [0.1, 0.15) is 18.4 Å². The number of anilines is 2. The molecule has 2 aliphatic rings. The number of carbonyl (C=O) groups excluding carboxylic acids is 1. The van der Waals surface area contributed by atoms with Crippen LogP contribution in [0, 0.1) is 10.8 Å². The molecule has 0 saturated carbocycles. The van der Waals surface area contributed by atoms with Gasteiger partial charge in [-0.05, 0) is 30.7 Å². The Hall–Kier alpha value is -5.60. The summed E-state index contributed by atoms with van der Waals surface area (Å²) in [6, 6.07) is 10.5. The van der Waals surface area contributed by atoms with Gasteiger partial charge in [-0.3, -0.25) is 30.7 Å². The van der Waals surface area contributed by atoms with Crippen LogP contribution in [-0.2, 0) is 9.59 Å². The molecule has 4 rings (SSSR count). The van der Waals surface area contributed by atoms with Crippen molar-refractivity contribution in [2.45, 2.75) is 18.9 Å². The highest BCUT2D eigenvalue weighted by molar-refractivity contribution is 6.14. The lowest BCUT2D eigenvalue weighted by Crippen LogP contribution is -2.51. The van der Waals surface area contributed by atoms with Gasteiger partial charge in [-0.2, -0.15) is 4.99 Å². The van der Waals surface area contributed by atoms with Crippen molar-refractivity contribution < 1.29 is 24.2 Å². The molecule has 1 atom stereocenters. The van der Waals surface area contributed by atoms with E-state index in [-0.39, 0.29) is 53.8 Å². The van der Waals surface area contributed by atoms with Crippen LogP contribution in [0.15, 0.2) is 64.0 Å². The van der Waals surface area contributed by atoms with Crippen LogP contribution >= 0.6 is 0 Å². The van der Waals surface area contributed by atoms with E-state index in [2.05, 4.69) is 25.9 Å². The molecule has 2 heterocycles. The SMILES string of the molecule is CN(C)c1cc(OC2=C3NC(=O)C(CCC(=O)O)N=C3NC(Oc3ccccc3NC(=N)N)=N2)ccc1C(=N)N. The van der Waals surface area contributed by atoms with Gasteiger partial charge in [0.2, 0.25) is 5.91 Å². The Labute approximate surface area is 228 Å². The zero-order chi connectivity index (χ0) is 29.0. The van der Waals surface area contributed by atoms with Crippen molar-refractivity contribution in [3.05, 3.63) is 59.6 Å². The molecule has 1 amide bonds. The molecule has 2 aromatic rings. The van der Waals surface area contributed by atoms with E-state index >= 15 is 0 Å². The zero-order valence-electron chi connectivity index (χ0n) is 21.6. The van der Waals surface area contributed by atoms with Gasteiger partial charge in [0.25, 0.3) is 5.88 Å². The van der Waals surface area contributed by atoms with Gasteiger partial charge in [0, 0.05) is 32.1 Å². The number of carboxylic acid groups (broad SMARTS) is 1. The maximum absolute atomic E-state index is 12.7. The van der Waals surface area contributed by atoms with Crippen molar-refractivity contribution >= 4 is 46.9 Å². The Morgan fingerprint density at radius 3 is 2.58 bits per heavy atom. The van der Waals surface area contributed by atoms with Crippen molar-refractivity contribution in [3.8, 4) is 11.5 Å². The Morgan fingerprint density at radius 1 is 1.15 bits per heavy atom. The van der Waals surface area contributed by atoms with Gasteiger partial charge in [0.1, 0.15) is 23.3 Å². The summed E-state index contributed by atoms with van der Waals surface area (Å²) in [4.78, 5) is 34.4. The molecule has 0 aromatic heterocycles. The highest BCUT2D eigenvalue weighted by Gasteiger charge is 2.34. The van der Waals surface area contributed by atoms with E-state index in [1.165, 1.54) is 0 Å². The summed E-state index contributed by atoms with van der Waals surface area (Å²) in [6.45, 7) is 0. The van der Waals surface area contributed by atoms with E-state index in [0.717, 1.165) is 0 Å². The lowest BCUT2D eigenvalue weighted by molar-refractivity contribution is -0.137. The predicted molar refractivity (Wildman–Crippen MR) is 149 cm³/mol. The topological polar surface area (TPSA) is 237 Å². The molecule has 10 N–H and O–H groups in total. The van der Waals surface area contributed by atoms with E-state index < -0.39 is 17.9 Å². The van der Waals surface area contributed by atoms with E-state index in [9.17, 15) is 9.59 Å². The number of benzene rings is 2. The first-order valence-electron chi connectivity index (χ1n) is 11.9. The van der Waals surface area contributed by atoms with Gasteiger partial charge < -0.3 is 41.6 Å². The Balaban J connectivity index is 1.74. The van der Waals surface area contributed by atoms with Gasteiger partial charge in [-0.15, -0.1) is 0 Å². The zero-order valence-corrected chi connectivity index (χ0v) is 21.6. The number of hydrogen-bond acceptors (Lipinski definition) is 10. The lowest BCUT2D eigenvalue weighted by atomic mass is 10.1. The Kier molecular flexibility index (Phi) is 7.84. The fourth-order valence-electron chi connectivity index (χ4n) is 3.84. The molecule has 0 radical (unpaired) electrons. The molecule has 0 spiro atoms. The monoisotopic (exact) mass is 548 g/mol. The van der Waals surface area contributed by atoms with Crippen LogP contribution in [0.3, 0.4) is 0 Å².